The lowest BCUT2D eigenvalue weighted by Crippen LogP contribution is -2.42. The van der Waals surface area contributed by atoms with Gasteiger partial charge in [-0.1, -0.05) is 12.1 Å². The fraction of sp³-hybridized carbons (Fsp3) is 0.412. The van der Waals surface area contributed by atoms with Crippen LogP contribution in [0.5, 0.6) is 5.75 Å². The van der Waals surface area contributed by atoms with Crippen molar-refractivity contribution in [2.75, 3.05) is 26.7 Å². The Kier molecular flexibility index (Phi) is 4.50. The minimum Gasteiger partial charge on any atom is -0.492 e. The van der Waals surface area contributed by atoms with E-state index in [0.717, 1.165) is 37.7 Å². The SMILES string of the molecule is COc1c(C(=O)NCC(=O)N2CCCCC2)oc2ccccc12. The summed E-state index contributed by atoms with van der Waals surface area (Å²) >= 11 is 0. The van der Waals surface area contributed by atoms with Crippen LogP contribution in [-0.4, -0.2) is 43.5 Å². The number of piperidine rings is 1. The van der Waals surface area contributed by atoms with Gasteiger partial charge in [-0.05, 0) is 31.4 Å². The number of fused-ring (bicyclic) bond motifs is 1. The Morgan fingerprint density at radius 3 is 2.70 bits per heavy atom. The highest BCUT2D eigenvalue weighted by Crippen LogP contribution is 2.32. The van der Waals surface area contributed by atoms with Crippen LogP contribution in [-0.2, 0) is 4.79 Å². The molecule has 2 aromatic rings. The van der Waals surface area contributed by atoms with Gasteiger partial charge in [0.1, 0.15) is 5.58 Å². The lowest BCUT2D eigenvalue weighted by molar-refractivity contribution is -0.130. The second-order valence-corrected chi connectivity index (χ2v) is 5.58. The first kappa shape index (κ1) is 15.4. The van der Waals surface area contributed by atoms with Crippen LogP contribution in [0.2, 0.25) is 0 Å². The Bertz CT molecular complexity index is 716. The van der Waals surface area contributed by atoms with E-state index in [4.69, 9.17) is 9.15 Å². The van der Waals surface area contributed by atoms with Crippen molar-refractivity contribution in [2.24, 2.45) is 0 Å². The van der Waals surface area contributed by atoms with Gasteiger partial charge in [0.25, 0.3) is 5.91 Å². The van der Waals surface area contributed by atoms with Crippen LogP contribution in [0.3, 0.4) is 0 Å². The second kappa shape index (κ2) is 6.73. The van der Waals surface area contributed by atoms with Gasteiger partial charge in [-0.25, -0.2) is 0 Å². The number of methoxy groups -OCH3 is 1. The van der Waals surface area contributed by atoms with Crippen molar-refractivity contribution in [2.45, 2.75) is 19.3 Å². The van der Waals surface area contributed by atoms with Gasteiger partial charge in [0.15, 0.2) is 5.75 Å². The van der Waals surface area contributed by atoms with Crippen LogP contribution >= 0.6 is 0 Å². The van der Waals surface area contributed by atoms with Gasteiger partial charge in [0.2, 0.25) is 11.7 Å². The van der Waals surface area contributed by atoms with E-state index in [0.29, 0.717) is 11.3 Å². The first-order valence-electron chi connectivity index (χ1n) is 7.82. The monoisotopic (exact) mass is 316 g/mol. The molecule has 2 heterocycles. The van der Waals surface area contributed by atoms with Crippen molar-refractivity contribution in [1.29, 1.82) is 0 Å². The van der Waals surface area contributed by atoms with Gasteiger partial charge >= 0.3 is 0 Å². The van der Waals surface area contributed by atoms with Crippen molar-refractivity contribution < 1.29 is 18.7 Å². The number of hydrogen-bond acceptors (Lipinski definition) is 4. The number of rotatable bonds is 4. The van der Waals surface area contributed by atoms with Gasteiger partial charge in [0.05, 0.1) is 19.0 Å². The van der Waals surface area contributed by atoms with Crippen molar-refractivity contribution in [3.63, 3.8) is 0 Å². The third-order valence-corrected chi connectivity index (χ3v) is 4.07. The summed E-state index contributed by atoms with van der Waals surface area (Å²) in [5, 5.41) is 3.37. The maximum Gasteiger partial charge on any atom is 0.291 e. The molecule has 23 heavy (non-hydrogen) atoms. The Morgan fingerprint density at radius 2 is 1.96 bits per heavy atom. The maximum atomic E-state index is 12.3. The summed E-state index contributed by atoms with van der Waals surface area (Å²) in [5.74, 6) is -0.0137. The second-order valence-electron chi connectivity index (χ2n) is 5.58. The highest BCUT2D eigenvalue weighted by Gasteiger charge is 2.23. The average molecular weight is 316 g/mol. The molecule has 6 nitrogen and oxygen atoms in total. The topological polar surface area (TPSA) is 71.8 Å². The number of nitrogens with zero attached hydrogens (tertiary/aromatic N) is 1. The molecule has 1 aliphatic heterocycles. The predicted molar refractivity (Wildman–Crippen MR) is 85.5 cm³/mol. The normalized spacial score (nSPS) is 14.7. The Balaban J connectivity index is 1.69. The minimum absolute atomic E-state index is 0.0287. The molecule has 122 valence electrons. The van der Waals surface area contributed by atoms with Crippen LogP contribution in [0.1, 0.15) is 29.8 Å². The molecule has 0 bridgehead atoms. The van der Waals surface area contributed by atoms with Crippen LogP contribution in [0, 0.1) is 0 Å². The molecule has 1 saturated heterocycles. The first-order valence-corrected chi connectivity index (χ1v) is 7.82. The van der Waals surface area contributed by atoms with Crippen molar-refractivity contribution in [3.05, 3.63) is 30.0 Å². The zero-order valence-corrected chi connectivity index (χ0v) is 13.1. The van der Waals surface area contributed by atoms with Crippen molar-refractivity contribution >= 4 is 22.8 Å². The summed E-state index contributed by atoms with van der Waals surface area (Å²) in [7, 11) is 1.49. The van der Waals surface area contributed by atoms with Crippen LogP contribution in [0.25, 0.3) is 11.0 Å². The number of nitrogens with one attached hydrogen (secondary N) is 1. The number of benzene rings is 1. The van der Waals surface area contributed by atoms with Gasteiger partial charge < -0.3 is 19.4 Å². The Labute approximate surface area is 134 Å². The van der Waals surface area contributed by atoms with E-state index in [2.05, 4.69) is 5.32 Å². The highest BCUT2D eigenvalue weighted by atomic mass is 16.5. The molecule has 1 aromatic carbocycles. The molecule has 2 amide bonds. The van der Waals surface area contributed by atoms with Gasteiger partial charge in [-0.3, -0.25) is 9.59 Å². The van der Waals surface area contributed by atoms with E-state index in [1.807, 2.05) is 18.2 Å². The van der Waals surface area contributed by atoms with Gasteiger partial charge in [0, 0.05) is 13.1 Å². The van der Waals surface area contributed by atoms with Crippen LogP contribution < -0.4 is 10.1 Å². The standard InChI is InChI=1S/C17H20N2O4/c1-22-15-12-7-3-4-8-13(12)23-16(15)17(21)18-11-14(20)19-9-5-2-6-10-19/h3-4,7-8H,2,5-6,9-11H2,1H3,(H,18,21). The van der Waals surface area contributed by atoms with E-state index in [9.17, 15) is 9.59 Å². The van der Waals surface area contributed by atoms with E-state index < -0.39 is 5.91 Å². The summed E-state index contributed by atoms with van der Waals surface area (Å²) in [5.41, 5.74) is 0.580. The largest absolute Gasteiger partial charge is 0.492 e. The number of likely N-dealkylation sites (tertiary alicyclic amines) is 1. The summed E-state index contributed by atoms with van der Waals surface area (Å²) in [6, 6.07) is 7.27. The van der Waals surface area contributed by atoms with Gasteiger partial charge in [-0.15, -0.1) is 0 Å². The molecule has 6 heteroatoms. The number of carbonyl (C=O) groups excluding carboxylic acids is 2. The first-order chi connectivity index (χ1) is 11.2. The molecule has 0 unspecified atom stereocenters. The van der Waals surface area contributed by atoms with E-state index >= 15 is 0 Å². The molecule has 0 radical (unpaired) electrons. The predicted octanol–water partition coefficient (Wildman–Crippen LogP) is 2.18. The third kappa shape index (κ3) is 3.16. The van der Waals surface area contributed by atoms with E-state index in [1.165, 1.54) is 7.11 Å². The summed E-state index contributed by atoms with van der Waals surface area (Å²) in [6.45, 7) is 1.50. The number of furan rings is 1. The molecule has 0 spiro atoms. The molecule has 0 atom stereocenters. The molecule has 1 aromatic heterocycles. The molecule has 1 fully saturated rings. The molecule has 3 rings (SSSR count). The Morgan fingerprint density at radius 1 is 1.22 bits per heavy atom. The smallest absolute Gasteiger partial charge is 0.291 e. The number of hydrogen-bond donors (Lipinski definition) is 1. The van der Waals surface area contributed by atoms with Crippen molar-refractivity contribution in [3.8, 4) is 5.75 Å². The number of ether oxygens (including phenoxy) is 1. The molecule has 1 N–H and O–H groups in total. The molecule has 0 aliphatic carbocycles. The fourth-order valence-electron chi connectivity index (χ4n) is 2.87. The van der Waals surface area contributed by atoms with E-state index in [-0.39, 0.29) is 18.2 Å². The van der Waals surface area contributed by atoms with Gasteiger partial charge in [-0.2, -0.15) is 0 Å². The average Bonchev–Trinajstić information content (AvgIpc) is 2.98. The summed E-state index contributed by atoms with van der Waals surface area (Å²) in [6.07, 6.45) is 3.21. The number of carbonyl (C=O) groups is 2. The zero-order chi connectivity index (χ0) is 16.2. The molecule has 1 aliphatic rings. The molecular formula is C17H20N2O4. The van der Waals surface area contributed by atoms with Crippen molar-refractivity contribution in [1.82, 2.24) is 10.2 Å². The van der Waals surface area contributed by atoms with Crippen LogP contribution in [0.4, 0.5) is 0 Å². The summed E-state index contributed by atoms with van der Waals surface area (Å²) in [4.78, 5) is 26.2. The number of para-hydroxylation sites is 1. The lowest BCUT2D eigenvalue weighted by atomic mass is 10.1. The van der Waals surface area contributed by atoms with E-state index in [1.54, 1.807) is 11.0 Å². The molecule has 0 saturated carbocycles. The third-order valence-electron chi connectivity index (χ3n) is 4.07. The summed E-state index contributed by atoms with van der Waals surface area (Å²) < 4.78 is 10.9. The molecular weight excluding hydrogens is 296 g/mol. The van der Waals surface area contributed by atoms with Crippen LogP contribution in [0.15, 0.2) is 28.7 Å². The number of amides is 2. The minimum atomic E-state index is -0.441. The quantitative estimate of drug-likeness (QED) is 0.938. The maximum absolute atomic E-state index is 12.3. The zero-order valence-electron chi connectivity index (χ0n) is 13.1. The lowest BCUT2D eigenvalue weighted by Gasteiger charge is -2.26. The Hall–Kier alpha value is -2.50. The fourth-order valence-corrected chi connectivity index (χ4v) is 2.87. The highest BCUT2D eigenvalue weighted by molar-refractivity contribution is 6.02.